The van der Waals surface area contributed by atoms with Crippen LogP contribution in [0.1, 0.15) is 32.0 Å². The van der Waals surface area contributed by atoms with Gasteiger partial charge >= 0.3 is 0 Å². The fourth-order valence-electron chi connectivity index (χ4n) is 1.85. The zero-order valence-corrected chi connectivity index (χ0v) is 13.0. The number of halogens is 1. The second-order valence-electron chi connectivity index (χ2n) is 5.78. The van der Waals surface area contributed by atoms with Crippen molar-refractivity contribution in [1.29, 1.82) is 0 Å². The van der Waals surface area contributed by atoms with Crippen LogP contribution in [0.15, 0.2) is 30.3 Å². The summed E-state index contributed by atoms with van der Waals surface area (Å²) >= 11 is 6.12. The van der Waals surface area contributed by atoms with E-state index in [0.717, 1.165) is 16.8 Å². The number of methoxy groups -OCH3 is 1. The van der Waals surface area contributed by atoms with Crippen molar-refractivity contribution in [2.24, 2.45) is 0 Å². The number of rotatable bonds is 3. The third-order valence-corrected chi connectivity index (χ3v) is 3.18. The standard InChI is InChI=1S/C16H19ClN2O/c1-16(2,3)13-9-14(17)19-15(18-13)12-7-5-11(6-8-12)10-20-4/h5-9H,10H2,1-4H3. The van der Waals surface area contributed by atoms with Crippen LogP contribution >= 0.6 is 11.6 Å². The maximum absolute atomic E-state index is 6.12. The van der Waals surface area contributed by atoms with E-state index in [4.69, 9.17) is 16.3 Å². The second kappa shape index (κ2) is 5.90. The topological polar surface area (TPSA) is 35.0 Å². The summed E-state index contributed by atoms with van der Waals surface area (Å²) in [4.78, 5) is 8.94. The summed E-state index contributed by atoms with van der Waals surface area (Å²) in [6.45, 7) is 6.93. The first kappa shape index (κ1) is 14.9. The molecule has 3 nitrogen and oxygen atoms in total. The number of ether oxygens (including phenoxy) is 1. The van der Waals surface area contributed by atoms with Crippen LogP contribution in [0.25, 0.3) is 11.4 Å². The minimum absolute atomic E-state index is 0.0582. The molecule has 1 aromatic heterocycles. The Morgan fingerprint density at radius 3 is 2.30 bits per heavy atom. The minimum atomic E-state index is -0.0582. The quantitative estimate of drug-likeness (QED) is 0.793. The van der Waals surface area contributed by atoms with Gasteiger partial charge in [-0.2, -0.15) is 0 Å². The highest BCUT2D eigenvalue weighted by Crippen LogP contribution is 2.25. The largest absolute Gasteiger partial charge is 0.380 e. The Bertz CT molecular complexity index is 588. The Kier molecular flexibility index (Phi) is 4.41. The third-order valence-electron chi connectivity index (χ3n) is 2.99. The molecular formula is C16H19ClN2O. The number of aromatic nitrogens is 2. The van der Waals surface area contributed by atoms with Gasteiger partial charge in [0.1, 0.15) is 5.15 Å². The predicted octanol–water partition coefficient (Wildman–Crippen LogP) is 4.24. The molecule has 0 amide bonds. The molecule has 1 heterocycles. The van der Waals surface area contributed by atoms with Crippen molar-refractivity contribution in [2.45, 2.75) is 32.8 Å². The summed E-state index contributed by atoms with van der Waals surface area (Å²) in [5, 5.41) is 0.473. The SMILES string of the molecule is COCc1ccc(-c2nc(Cl)cc(C(C)(C)C)n2)cc1. The molecule has 0 N–H and O–H groups in total. The Hall–Kier alpha value is -1.45. The van der Waals surface area contributed by atoms with Crippen LogP contribution in [0.2, 0.25) is 5.15 Å². The zero-order valence-electron chi connectivity index (χ0n) is 12.3. The van der Waals surface area contributed by atoms with E-state index < -0.39 is 0 Å². The van der Waals surface area contributed by atoms with Crippen molar-refractivity contribution < 1.29 is 4.74 Å². The van der Waals surface area contributed by atoms with Crippen LogP contribution in [0.4, 0.5) is 0 Å². The van der Waals surface area contributed by atoms with Gasteiger partial charge in [0.05, 0.1) is 12.3 Å². The number of benzene rings is 1. The average Bonchev–Trinajstić information content (AvgIpc) is 2.38. The lowest BCUT2D eigenvalue weighted by molar-refractivity contribution is 0.185. The normalized spacial score (nSPS) is 11.7. The molecule has 0 atom stereocenters. The first-order chi connectivity index (χ1) is 9.40. The average molecular weight is 291 g/mol. The Balaban J connectivity index is 2.39. The van der Waals surface area contributed by atoms with Crippen LogP contribution in [-0.2, 0) is 16.8 Å². The first-order valence-corrected chi connectivity index (χ1v) is 6.91. The van der Waals surface area contributed by atoms with Gasteiger partial charge in [0.2, 0.25) is 0 Å². The first-order valence-electron chi connectivity index (χ1n) is 6.53. The van der Waals surface area contributed by atoms with Gasteiger partial charge in [-0.05, 0) is 11.6 Å². The molecule has 0 saturated heterocycles. The van der Waals surface area contributed by atoms with E-state index in [1.807, 2.05) is 30.3 Å². The van der Waals surface area contributed by atoms with E-state index in [9.17, 15) is 0 Å². The molecule has 0 aliphatic carbocycles. The molecule has 0 aliphatic heterocycles. The van der Waals surface area contributed by atoms with E-state index in [-0.39, 0.29) is 5.41 Å². The van der Waals surface area contributed by atoms with Gasteiger partial charge in [-0.3, -0.25) is 0 Å². The number of hydrogen-bond acceptors (Lipinski definition) is 3. The van der Waals surface area contributed by atoms with Crippen molar-refractivity contribution in [1.82, 2.24) is 9.97 Å². The van der Waals surface area contributed by atoms with Gasteiger partial charge in [0.25, 0.3) is 0 Å². The van der Waals surface area contributed by atoms with Crippen molar-refractivity contribution >= 4 is 11.6 Å². The summed E-state index contributed by atoms with van der Waals surface area (Å²) in [6, 6.07) is 9.84. The van der Waals surface area contributed by atoms with Gasteiger partial charge in [-0.25, -0.2) is 9.97 Å². The summed E-state index contributed by atoms with van der Waals surface area (Å²) in [5.41, 5.74) is 2.96. The Morgan fingerprint density at radius 2 is 1.75 bits per heavy atom. The molecular weight excluding hydrogens is 272 g/mol. The molecule has 0 radical (unpaired) electrons. The Labute approximate surface area is 125 Å². The fourth-order valence-corrected chi connectivity index (χ4v) is 2.03. The number of hydrogen-bond donors (Lipinski definition) is 0. The summed E-state index contributed by atoms with van der Waals surface area (Å²) < 4.78 is 5.10. The molecule has 0 unspecified atom stereocenters. The molecule has 20 heavy (non-hydrogen) atoms. The fraction of sp³-hybridized carbons (Fsp3) is 0.375. The van der Waals surface area contributed by atoms with E-state index >= 15 is 0 Å². The van der Waals surface area contributed by atoms with Crippen LogP contribution < -0.4 is 0 Å². The second-order valence-corrected chi connectivity index (χ2v) is 6.17. The lowest BCUT2D eigenvalue weighted by atomic mass is 9.92. The van der Waals surface area contributed by atoms with Gasteiger partial charge in [0, 0.05) is 18.1 Å². The molecule has 2 aromatic rings. The lowest BCUT2D eigenvalue weighted by Gasteiger charge is -2.18. The predicted molar refractivity (Wildman–Crippen MR) is 81.9 cm³/mol. The van der Waals surface area contributed by atoms with Gasteiger partial charge in [0.15, 0.2) is 5.82 Å². The maximum atomic E-state index is 6.12. The molecule has 106 valence electrons. The highest BCUT2D eigenvalue weighted by Gasteiger charge is 2.18. The van der Waals surface area contributed by atoms with Crippen molar-refractivity contribution in [2.75, 3.05) is 7.11 Å². The maximum Gasteiger partial charge on any atom is 0.161 e. The van der Waals surface area contributed by atoms with Crippen molar-refractivity contribution in [3.8, 4) is 11.4 Å². The van der Waals surface area contributed by atoms with E-state index in [1.54, 1.807) is 7.11 Å². The monoisotopic (exact) mass is 290 g/mol. The highest BCUT2D eigenvalue weighted by molar-refractivity contribution is 6.29. The van der Waals surface area contributed by atoms with E-state index in [2.05, 4.69) is 30.7 Å². The molecule has 0 fully saturated rings. The van der Waals surface area contributed by atoms with Crippen LogP contribution in [-0.4, -0.2) is 17.1 Å². The molecule has 0 saturated carbocycles. The highest BCUT2D eigenvalue weighted by atomic mass is 35.5. The van der Waals surface area contributed by atoms with E-state index in [1.165, 1.54) is 0 Å². The summed E-state index contributed by atoms with van der Waals surface area (Å²) in [7, 11) is 1.68. The number of nitrogens with zero attached hydrogens (tertiary/aromatic N) is 2. The Morgan fingerprint density at radius 1 is 1.10 bits per heavy atom. The van der Waals surface area contributed by atoms with Crippen LogP contribution in [0.3, 0.4) is 0 Å². The van der Waals surface area contributed by atoms with Crippen molar-refractivity contribution in [3.63, 3.8) is 0 Å². The molecule has 1 aromatic carbocycles. The molecule has 0 bridgehead atoms. The van der Waals surface area contributed by atoms with Crippen LogP contribution in [0, 0.1) is 0 Å². The van der Waals surface area contributed by atoms with Gasteiger partial charge in [-0.1, -0.05) is 56.6 Å². The molecule has 0 aliphatic rings. The van der Waals surface area contributed by atoms with Crippen molar-refractivity contribution in [3.05, 3.63) is 46.7 Å². The molecule has 4 heteroatoms. The summed E-state index contributed by atoms with van der Waals surface area (Å²) in [5.74, 6) is 0.659. The third kappa shape index (κ3) is 3.56. The van der Waals surface area contributed by atoms with Crippen LogP contribution in [0.5, 0.6) is 0 Å². The molecule has 0 spiro atoms. The van der Waals surface area contributed by atoms with Gasteiger partial charge in [-0.15, -0.1) is 0 Å². The smallest absolute Gasteiger partial charge is 0.161 e. The minimum Gasteiger partial charge on any atom is -0.380 e. The van der Waals surface area contributed by atoms with Gasteiger partial charge < -0.3 is 4.74 Å². The zero-order chi connectivity index (χ0) is 14.8. The lowest BCUT2D eigenvalue weighted by Crippen LogP contribution is -2.14. The summed E-state index contributed by atoms with van der Waals surface area (Å²) in [6.07, 6.45) is 0. The van der Waals surface area contributed by atoms with E-state index in [0.29, 0.717) is 17.6 Å². The molecule has 2 rings (SSSR count).